The number of ether oxygens (including phenoxy) is 1. The number of amides is 1. The van der Waals surface area contributed by atoms with Crippen molar-refractivity contribution in [1.82, 2.24) is 10.2 Å². The zero-order valence-corrected chi connectivity index (χ0v) is 9.83. The van der Waals surface area contributed by atoms with E-state index in [0.29, 0.717) is 6.54 Å². The number of hydrogen-bond acceptors (Lipinski definition) is 4. The minimum Gasteiger partial charge on any atom is -0.456 e. The zero-order chi connectivity index (χ0) is 13.1. The van der Waals surface area contributed by atoms with Crippen molar-refractivity contribution >= 4 is 11.9 Å². The lowest BCUT2D eigenvalue weighted by Gasteiger charge is -2.12. The lowest BCUT2D eigenvalue weighted by molar-refractivity contribution is -0.159. The molecule has 1 unspecified atom stereocenters. The molecule has 7 heteroatoms. The number of nitrogens with zero attached hydrogens (tertiary/aromatic N) is 1. The van der Waals surface area contributed by atoms with E-state index in [4.69, 9.17) is 0 Å². The van der Waals surface area contributed by atoms with Crippen LogP contribution < -0.4 is 5.32 Å². The summed E-state index contributed by atoms with van der Waals surface area (Å²) in [5.74, 6) is -4.88. The summed E-state index contributed by atoms with van der Waals surface area (Å²) in [4.78, 5) is 23.3. The van der Waals surface area contributed by atoms with Gasteiger partial charge in [0, 0.05) is 33.6 Å². The Morgan fingerprint density at radius 1 is 1.59 bits per heavy atom. The molecule has 1 aliphatic heterocycles. The predicted octanol–water partition coefficient (Wildman–Crippen LogP) is 0.00510. The Hall–Kier alpha value is -1.24. The molecule has 1 heterocycles. The average Bonchev–Trinajstić information content (AvgIpc) is 2.47. The van der Waals surface area contributed by atoms with Crippen molar-refractivity contribution in [2.75, 3.05) is 27.2 Å². The van der Waals surface area contributed by atoms with E-state index in [1.54, 1.807) is 14.1 Å². The van der Waals surface area contributed by atoms with Crippen LogP contribution in [0.3, 0.4) is 0 Å². The van der Waals surface area contributed by atoms with Crippen LogP contribution in [0.1, 0.15) is 12.8 Å². The minimum atomic E-state index is -3.37. The molecule has 1 amide bonds. The Labute approximate surface area is 98.1 Å². The highest BCUT2D eigenvalue weighted by Crippen LogP contribution is 2.30. The van der Waals surface area contributed by atoms with Crippen LogP contribution in [0, 0.1) is 0 Å². The summed E-state index contributed by atoms with van der Waals surface area (Å²) < 4.78 is 30.0. The van der Waals surface area contributed by atoms with Crippen molar-refractivity contribution in [3.05, 3.63) is 0 Å². The number of nitrogens with one attached hydrogen (secondary N) is 1. The van der Waals surface area contributed by atoms with E-state index in [1.807, 2.05) is 0 Å². The van der Waals surface area contributed by atoms with Crippen molar-refractivity contribution in [3.8, 4) is 0 Å². The fourth-order valence-corrected chi connectivity index (χ4v) is 1.44. The molecule has 0 aromatic carbocycles. The number of carbonyl (C=O) groups is 2. The molecule has 1 rings (SSSR count). The quantitative estimate of drug-likeness (QED) is 0.551. The fraction of sp³-hybridized carbons (Fsp3) is 0.800. The third-order valence-electron chi connectivity index (χ3n) is 2.44. The second-order valence-electron chi connectivity index (χ2n) is 4.18. The average molecular weight is 250 g/mol. The Balaban J connectivity index is 2.17. The molecule has 0 spiro atoms. The molecule has 5 nitrogen and oxygen atoms in total. The summed E-state index contributed by atoms with van der Waals surface area (Å²) in [5, 5.41) is 2.81. The lowest BCUT2D eigenvalue weighted by atomic mass is 10.2. The number of alkyl halides is 2. The summed E-state index contributed by atoms with van der Waals surface area (Å²) in [6, 6.07) is 0. The van der Waals surface area contributed by atoms with E-state index in [2.05, 4.69) is 10.1 Å². The van der Waals surface area contributed by atoms with Gasteiger partial charge in [-0.2, -0.15) is 8.78 Å². The lowest BCUT2D eigenvalue weighted by Crippen LogP contribution is -2.31. The molecule has 1 N–H and O–H groups in total. The molecule has 0 radical (unpaired) electrons. The number of cyclic esters (lactones) is 1. The van der Waals surface area contributed by atoms with Crippen LogP contribution in [0.25, 0.3) is 0 Å². The number of halogens is 2. The van der Waals surface area contributed by atoms with E-state index < -0.39 is 24.4 Å². The van der Waals surface area contributed by atoms with Crippen LogP contribution in [0.15, 0.2) is 0 Å². The van der Waals surface area contributed by atoms with Crippen LogP contribution in [-0.4, -0.2) is 56.0 Å². The van der Waals surface area contributed by atoms with Crippen LogP contribution in [0.2, 0.25) is 0 Å². The molecule has 1 saturated heterocycles. The first kappa shape index (κ1) is 13.8. The molecule has 1 atom stereocenters. The summed E-state index contributed by atoms with van der Waals surface area (Å²) in [6.07, 6.45) is -1.13. The number of rotatable bonds is 5. The minimum absolute atomic E-state index is 0.0498. The normalized spacial score (nSPS) is 22.4. The largest absolute Gasteiger partial charge is 0.456 e. The molecular formula is C10H16F2N2O3. The second-order valence-corrected chi connectivity index (χ2v) is 4.18. The van der Waals surface area contributed by atoms with Gasteiger partial charge in [0.15, 0.2) is 0 Å². The molecule has 0 aromatic rings. The monoisotopic (exact) mass is 250 g/mol. The summed E-state index contributed by atoms with van der Waals surface area (Å²) >= 11 is 0. The van der Waals surface area contributed by atoms with E-state index in [9.17, 15) is 18.4 Å². The van der Waals surface area contributed by atoms with E-state index in [0.717, 1.165) is 0 Å². The second kappa shape index (κ2) is 5.39. The smallest absolute Gasteiger partial charge is 0.377 e. The maximum absolute atomic E-state index is 12.8. The highest BCUT2D eigenvalue weighted by molar-refractivity contribution is 5.79. The first-order valence-corrected chi connectivity index (χ1v) is 5.32. The molecule has 0 bridgehead atoms. The van der Waals surface area contributed by atoms with Crippen molar-refractivity contribution in [1.29, 1.82) is 0 Å². The van der Waals surface area contributed by atoms with Gasteiger partial charge in [0.2, 0.25) is 5.91 Å². The Morgan fingerprint density at radius 2 is 2.24 bits per heavy atom. The summed E-state index contributed by atoms with van der Waals surface area (Å²) in [7, 11) is 3.28. The number of hydrogen-bond donors (Lipinski definition) is 1. The molecule has 17 heavy (non-hydrogen) atoms. The molecule has 1 aliphatic rings. The molecule has 0 saturated carbocycles. The molecule has 1 fully saturated rings. The SMILES string of the molecule is CN(C)C(=O)CCNCC1CC(F)(F)C(=O)O1. The zero-order valence-electron chi connectivity index (χ0n) is 9.83. The maximum atomic E-state index is 12.8. The van der Waals surface area contributed by atoms with Gasteiger partial charge in [-0.15, -0.1) is 0 Å². The Morgan fingerprint density at radius 3 is 2.71 bits per heavy atom. The topological polar surface area (TPSA) is 58.6 Å². The van der Waals surface area contributed by atoms with Crippen molar-refractivity contribution in [2.24, 2.45) is 0 Å². The maximum Gasteiger partial charge on any atom is 0.377 e. The summed E-state index contributed by atoms with van der Waals surface area (Å²) in [6.45, 7) is 0.513. The van der Waals surface area contributed by atoms with Gasteiger partial charge in [0.05, 0.1) is 6.42 Å². The van der Waals surface area contributed by atoms with Gasteiger partial charge in [-0.25, -0.2) is 4.79 Å². The first-order chi connectivity index (χ1) is 7.83. The van der Waals surface area contributed by atoms with Gasteiger partial charge in [0.25, 0.3) is 0 Å². The van der Waals surface area contributed by atoms with Gasteiger partial charge in [-0.3, -0.25) is 4.79 Å². The fourth-order valence-electron chi connectivity index (χ4n) is 1.44. The Bertz CT molecular complexity index is 308. The van der Waals surface area contributed by atoms with Crippen molar-refractivity contribution in [3.63, 3.8) is 0 Å². The van der Waals surface area contributed by atoms with Gasteiger partial charge in [-0.1, -0.05) is 0 Å². The van der Waals surface area contributed by atoms with Crippen LogP contribution >= 0.6 is 0 Å². The highest BCUT2D eigenvalue weighted by atomic mass is 19.3. The predicted molar refractivity (Wildman–Crippen MR) is 55.6 cm³/mol. The van der Waals surface area contributed by atoms with Gasteiger partial charge < -0.3 is 15.0 Å². The van der Waals surface area contributed by atoms with Gasteiger partial charge in [-0.05, 0) is 0 Å². The van der Waals surface area contributed by atoms with E-state index >= 15 is 0 Å². The first-order valence-electron chi connectivity index (χ1n) is 5.32. The standard InChI is InChI=1S/C10H16F2N2O3/c1-14(2)8(15)3-4-13-6-7-5-10(11,12)9(16)17-7/h7,13H,3-6H2,1-2H3. The summed E-state index contributed by atoms with van der Waals surface area (Å²) in [5.41, 5.74) is 0. The molecule has 98 valence electrons. The number of esters is 1. The third kappa shape index (κ3) is 3.92. The molecule has 0 aromatic heterocycles. The van der Waals surface area contributed by atoms with Crippen LogP contribution in [0.5, 0.6) is 0 Å². The number of carbonyl (C=O) groups excluding carboxylic acids is 2. The van der Waals surface area contributed by atoms with Crippen molar-refractivity contribution < 1.29 is 23.1 Å². The third-order valence-corrected chi connectivity index (χ3v) is 2.44. The van der Waals surface area contributed by atoms with E-state index in [-0.39, 0.29) is 18.9 Å². The van der Waals surface area contributed by atoms with Gasteiger partial charge >= 0.3 is 11.9 Å². The molecular weight excluding hydrogens is 234 g/mol. The highest BCUT2D eigenvalue weighted by Gasteiger charge is 2.50. The van der Waals surface area contributed by atoms with Crippen LogP contribution in [-0.2, 0) is 14.3 Å². The van der Waals surface area contributed by atoms with E-state index in [1.165, 1.54) is 4.90 Å². The van der Waals surface area contributed by atoms with Gasteiger partial charge in [0.1, 0.15) is 6.10 Å². The Kier molecular flexibility index (Phi) is 4.39. The van der Waals surface area contributed by atoms with Crippen LogP contribution in [0.4, 0.5) is 8.78 Å². The molecule has 0 aliphatic carbocycles. The van der Waals surface area contributed by atoms with Crippen molar-refractivity contribution in [2.45, 2.75) is 24.9 Å².